The fourth-order valence-electron chi connectivity index (χ4n) is 2.87. The number of methoxy groups -OCH3 is 1. The number of anilines is 2. The van der Waals surface area contributed by atoms with Gasteiger partial charge in [0, 0.05) is 24.3 Å². The molecule has 0 aliphatic carbocycles. The standard InChI is InChI=1S/C20H19ClN4O4/c1-28-15-4-2-14(3-5-15)23-20(27)16(12-22)19(26)13-10-17(21)24-18(11-13)25-6-8-29-9-7-25/h2-5,10-11,16H,6-9H2,1H3,(H,23,27). The van der Waals surface area contributed by atoms with Gasteiger partial charge in [-0.1, -0.05) is 11.6 Å². The van der Waals surface area contributed by atoms with E-state index in [1.165, 1.54) is 13.2 Å². The molecule has 1 aliphatic heterocycles. The number of ketones is 1. The fourth-order valence-corrected chi connectivity index (χ4v) is 3.08. The minimum Gasteiger partial charge on any atom is -0.497 e. The molecule has 1 N–H and O–H groups in total. The highest BCUT2D eigenvalue weighted by Crippen LogP contribution is 2.22. The van der Waals surface area contributed by atoms with Crippen molar-refractivity contribution in [3.63, 3.8) is 0 Å². The molecule has 2 heterocycles. The first kappa shape index (κ1) is 20.6. The van der Waals surface area contributed by atoms with E-state index in [1.807, 2.05) is 4.90 Å². The van der Waals surface area contributed by atoms with Crippen molar-refractivity contribution in [1.29, 1.82) is 5.26 Å². The van der Waals surface area contributed by atoms with E-state index in [-0.39, 0.29) is 10.7 Å². The monoisotopic (exact) mass is 414 g/mol. The first-order valence-corrected chi connectivity index (χ1v) is 9.28. The van der Waals surface area contributed by atoms with Gasteiger partial charge in [0.05, 0.1) is 26.4 Å². The molecule has 1 saturated heterocycles. The number of nitrogens with zero attached hydrogens (tertiary/aromatic N) is 3. The molecule has 1 atom stereocenters. The molecule has 3 rings (SSSR count). The van der Waals surface area contributed by atoms with E-state index in [9.17, 15) is 14.9 Å². The summed E-state index contributed by atoms with van der Waals surface area (Å²) in [6.07, 6.45) is 0. The molecule has 1 unspecified atom stereocenters. The second-order valence-electron chi connectivity index (χ2n) is 6.28. The van der Waals surface area contributed by atoms with Crippen molar-refractivity contribution in [3.05, 3.63) is 47.1 Å². The van der Waals surface area contributed by atoms with Crippen LogP contribution < -0.4 is 15.0 Å². The number of carbonyl (C=O) groups excluding carboxylic acids is 2. The molecule has 0 radical (unpaired) electrons. The third-order valence-electron chi connectivity index (χ3n) is 4.41. The van der Waals surface area contributed by atoms with Crippen LogP contribution >= 0.6 is 11.6 Å². The van der Waals surface area contributed by atoms with Gasteiger partial charge in [0.15, 0.2) is 11.7 Å². The highest BCUT2D eigenvalue weighted by Gasteiger charge is 2.29. The number of nitriles is 1. The maximum absolute atomic E-state index is 12.9. The molecule has 1 aliphatic rings. The van der Waals surface area contributed by atoms with Crippen molar-refractivity contribution >= 4 is 34.8 Å². The van der Waals surface area contributed by atoms with Gasteiger partial charge >= 0.3 is 0 Å². The van der Waals surface area contributed by atoms with Gasteiger partial charge in [-0.2, -0.15) is 5.26 Å². The normalized spacial score (nSPS) is 14.6. The van der Waals surface area contributed by atoms with Crippen LogP contribution in [0.2, 0.25) is 5.15 Å². The van der Waals surface area contributed by atoms with Gasteiger partial charge in [0.2, 0.25) is 5.91 Å². The van der Waals surface area contributed by atoms with Crippen LogP contribution in [0.15, 0.2) is 36.4 Å². The zero-order valence-electron chi connectivity index (χ0n) is 15.7. The Kier molecular flexibility index (Phi) is 6.65. The Morgan fingerprint density at radius 3 is 2.59 bits per heavy atom. The van der Waals surface area contributed by atoms with Gasteiger partial charge in [0.25, 0.3) is 0 Å². The Morgan fingerprint density at radius 1 is 1.28 bits per heavy atom. The molecular weight excluding hydrogens is 396 g/mol. The lowest BCUT2D eigenvalue weighted by molar-refractivity contribution is -0.117. The van der Waals surface area contributed by atoms with Crippen molar-refractivity contribution in [1.82, 2.24) is 4.98 Å². The second kappa shape index (κ2) is 9.37. The van der Waals surface area contributed by atoms with Gasteiger partial charge in [-0.05, 0) is 36.4 Å². The number of nitrogens with one attached hydrogen (secondary N) is 1. The third kappa shape index (κ3) is 5.02. The molecule has 1 amide bonds. The summed E-state index contributed by atoms with van der Waals surface area (Å²) >= 11 is 6.08. The number of pyridine rings is 1. The molecular formula is C20H19ClN4O4. The lowest BCUT2D eigenvalue weighted by Crippen LogP contribution is -2.37. The number of halogens is 1. The van der Waals surface area contributed by atoms with Crippen LogP contribution in [0.4, 0.5) is 11.5 Å². The highest BCUT2D eigenvalue weighted by atomic mass is 35.5. The van der Waals surface area contributed by atoms with E-state index in [0.29, 0.717) is 43.6 Å². The smallest absolute Gasteiger partial charge is 0.249 e. The van der Waals surface area contributed by atoms with E-state index in [2.05, 4.69) is 10.3 Å². The maximum atomic E-state index is 12.9. The number of hydrogen-bond acceptors (Lipinski definition) is 7. The second-order valence-corrected chi connectivity index (χ2v) is 6.67. The van der Waals surface area contributed by atoms with Crippen LogP contribution in [0.25, 0.3) is 0 Å². The maximum Gasteiger partial charge on any atom is 0.249 e. The molecule has 1 fully saturated rings. The van der Waals surface area contributed by atoms with E-state index in [4.69, 9.17) is 21.1 Å². The summed E-state index contributed by atoms with van der Waals surface area (Å²) in [7, 11) is 1.53. The summed E-state index contributed by atoms with van der Waals surface area (Å²) in [5.74, 6) is -1.75. The largest absolute Gasteiger partial charge is 0.497 e. The molecule has 1 aromatic heterocycles. The quantitative estimate of drug-likeness (QED) is 0.440. The molecule has 0 bridgehead atoms. The minimum absolute atomic E-state index is 0.115. The van der Waals surface area contributed by atoms with Crippen LogP contribution in [0.3, 0.4) is 0 Å². The lowest BCUT2D eigenvalue weighted by atomic mass is 9.98. The Morgan fingerprint density at radius 2 is 1.97 bits per heavy atom. The molecule has 29 heavy (non-hydrogen) atoms. The number of carbonyl (C=O) groups is 2. The lowest BCUT2D eigenvalue weighted by Gasteiger charge is -2.28. The summed E-state index contributed by atoms with van der Waals surface area (Å²) in [5.41, 5.74) is 0.605. The zero-order chi connectivity index (χ0) is 20.8. The van der Waals surface area contributed by atoms with E-state index >= 15 is 0 Å². The van der Waals surface area contributed by atoms with Gasteiger partial charge in [-0.3, -0.25) is 9.59 Å². The summed E-state index contributed by atoms with van der Waals surface area (Å²) in [5, 5.41) is 12.1. The van der Waals surface area contributed by atoms with Crippen LogP contribution in [0, 0.1) is 17.2 Å². The average molecular weight is 415 g/mol. The minimum atomic E-state index is -1.52. The molecule has 150 valence electrons. The van der Waals surface area contributed by atoms with Crippen LogP contribution in [-0.2, 0) is 9.53 Å². The van der Waals surface area contributed by atoms with E-state index in [1.54, 1.807) is 36.4 Å². The predicted molar refractivity (Wildman–Crippen MR) is 107 cm³/mol. The van der Waals surface area contributed by atoms with Crippen LogP contribution in [0.5, 0.6) is 5.75 Å². The molecule has 0 saturated carbocycles. The van der Waals surface area contributed by atoms with Crippen LogP contribution in [0.1, 0.15) is 10.4 Å². The Balaban J connectivity index is 1.78. The molecule has 0 spiro atoms. The number of benzene rings is 1. The first-order chi connectivity index (χ1) is 14.0. The summed E-state index contributed by atoms with van der Waals surface area (Å²) in [6.45, 7) is 2.31. The van der Waals surface area contributed by atoms with Crippen molar-refractivity contribution in [3.8, 4) is 11.8 Å². The molecule has 1 aromatic carbocycles. The van der Waals surface area contributed by atoms with E-state index < -0.39 is 17.6 Å². The molecule has 8 nitrogen and oxygen atoms in total. The number of ether oxygens (including phenoxy) is 2. The van der Waals surface area contributed by atoms with Gasteiger partial charge in [-0.25, -0.2) is 4.98 Å². The average Bonchev–Trinajstić information content (AvgIpc) is 2.75. The van der Waals surface area contributed by atoms with Gasteiger partial charge in [-0.15, -0.1) is 0 Å². The number of aromatic nitrogens is 1. The van der Waals surface area contributed by atoms with Crippen molar-refractivity contribution in [2.45, 2.75) is 0 Å². The fraction of sp³-hybridized carbons (Fsp3) is 0.300. The summed E-state index contributed by atoms with van der Waals surface area (Å²) in [4.78, 5) is 31.6. The molecule has 9 heteroatoms. The highest BCUT2D eigenvalue weighted by molar-refractivity contribution is 6.30. The van der Waals surface area contributed by atoms with Crippen LogP contribution in [-0.4, -0.2) is 50.1 Å². The number of rotatable bonds is 6. The van der Waals surface area contributed by atoms with Crippen molar-refractivity contribution in [2.75, 3.05) is 43.6 Å². The van der Waals surface area contributed by atoms with Crippen molar-refractivity contribution < 1.29 is 19.1 Å². The summed E-state index contributed by atoms with van der Waals surface area (Å²) < 4.78 is 10.4. The third-order valence-corrected chi connectivity index (χ3v) is 4.60. The predicted octanol–water partition coefficient (Wildman–Crippen LogP) is 2.54. The number of Topliss-reactive ketones (excluding diaryl/α,β-unsaturated/α-hetero) is 1. The van der Waals surface area contributed by atoms with Gasteiger partial charge in [0.1, 0.15) is 16.7 Å². The zero-order valence-corrected chi connectivity index (χ0v) is 16.5. The Labute approximate surface area is 173 Å². The molecule has 2 aromatic rings. The topological polar surface area (TPSA) is 105 Å². The Hall–Kier alpha value is -3.15. The number of amides is 1. The Bertz CT molecular complexity index is 936. The SMILES string of the molecule is COc1ccc(NC(=O)C(C#N)C(=O)c2cc(Cl)nc(N3CCOCC3)c2)cc1. The number of hydrogen-bond donors (Lipinski definition) is 1. The van der Waals surface area contributed by atoms with Gasteiger partial charge < -0.3 is 19.7 Å². The van der Waals surface area contributed by atoms with Crippen molar-refractivity contribution in [2.24, 2.45) is 5.92 Å². The van der Waals surface area contributed by atoms with E-state index in [0.717, 1.165) is 0 Å². The first-order valence-electron chi connectivity index (χ1n) is 8.91. The summed E-state index contributed by atoms with van der Waals surface area (Å²) in [6, 6.07) is 11.3. The number of morpholine rings is 1.